The number of phenolic OH excluding ortho intramolecular Hbond substituents is 1. The number of aryl methyl sites for hydroxylation is 1. The first kappa shape index (κ1) is 9.83. The molecular weight excluding hydrogens is 170 g/mol. The van der Waals surface area contributed by atoms with Crippen LogP contribution in [0.2, 0.25) is 0 Å². The quantitative estimate of drug-likeness (QED) is 0.689. The van der Waals surface area contributed by atoms with E-state index in [2.05, 4.69) is 4.84 Å². The molecule has 1 aromatic rings. The van der Waals surface area contributed by atoms with E-state index in [4.69, 9.17) is 10.6 Å². The normalized spacial score (nSPS) is 10.1. The minimum Gasteiger partial charge on any atom is -0.507 e. The van der Waals surface area contributed by atoms with Crippen molar-refractivity contribution in [1.82, 2.24) is 0 Å². The fourth-order valence-corrected chi connectivity index (χ4v) is 1.16. The predicted octanol–water partition coefficient (Wildman–Crippen LogP) is 1.10. The summed E-state index contributed by atoms with van der Waals surface area (Å²) in [7, 11) is 1.56. The van der Waals surface area contributed by atoms with Gasteiger partial charge in [0.25, 0.3) is 0 Å². The number of ether oxygens (including phenoxy) is 1. The molecule has 0 bridgehead atoms. The molecule has 0 aromatic heterocycles. The van der Waals surface area contributed by atoms with Crippen molar-refractivity contribution >= 4 is 0 Å². The van der Waals surface area contributed by atoms with Crippen molar-refractivity contribution in [2.24, 2.45) is 5.90 Å². The van der Waals surface area contributed by atoms with Crippen molar-refractivity contribution in [3.63, 3.8) is 0 Å². The van der Waals surface area contributed by atoms with Crippen molar-refractivity contribution in [1.29, 1.82) is 0 Å². The molecule has 0 saturated heterocycles. The van der Waals surface area contributed by atoms with E-state index in [-0.39, 0.29) is 12.4 Å². The number of phenols is 1. The second kappa shape index (κ2) is 4.11. The molecule has 0 aliphatic rings. The average molecular weight is 183 g/mol. The first-order chi connectivity index (χ1) is 6.19. The first-order valence-corrected chi connectivity index (χ1v) is 3.87. The van der Waals surface area contributed by atoms with Crippen LogP contribution in [0.3, 0.4) is 0 Å². The molecule has 1 aromatic carbocycles. The van der Waals surface area contributed by atoms with E-state index in [1.54, 1.807) is 19.2 Å². The SMILES string of the molecule is COc1cc(O)c(CON)cc1C. The topological polar surface area (TPSA) is 64.7 Å². The number of benzene rings is 1. The van der Waals surface area contributed by atoms with Crippen LogP contribution in [0.4, 0.5) is 0 Å². The predicted molar refractivity (Wildman–Crippen MR) is 48.4 cm³/mol. The van der Waals surface area contributed by atoms with Crippen LogP contribution < -0.4 is 10.6 Å². The molecule has 0 amide bonds. The fourth-order valence-electron chi connectivity index (χ4n) is 1.16. The lowest BCUT2D eigenvalue weighted by molar-refractivity contribution is 0.122. The van der Waals surface area contributed by atoms with Crippen molar-refractivity contribution < 1.29 is 14.7 Å². The molecule has 72 valence electrons. The van der Waals surface area contributed by atoms with E-state index in [0.717, 1.165) is 5.56 Å². The number of aromatic hydroxyl groups is 1. The van der Waals surface area contributed by atoms with E-state index in [0.29, 0.717) is 11.3 Å². The van der Waals surface area contributed by atoms with Crippen LogP contribution in [-0.2, 0) is 11.4 Å². The number of hydrogen-bond acceptors (Lipinski definition) is 4. The molecule has 13 heavy (non-hydrogen) atoms. The Bertz CT molecular complexity index is 299. The highest BCUT2D eigenvalue weighted by molar-refractivity contribution is 5.44. The van der Waals surface area contributed by atoms with Crippen LogP contribution in [0.1, 0.15) is 11.1 Å². The molecule has 0 aliphatic heterocycles. The monoisotopic (exact) mass is 183 g/mol. The fraction of sp³-hybridized carbons (Fsp3) is 0.333. The molecule has 3 N–H and O–H groups in total. The van der Waals surface area contributed by atoms with Crippen molar-refractivity contribution in [2.75, 3.05) is 7.11 Å². The molecular formula is C9H13NO3. The summed E-state index contributed by atoms with van der Waals surface area (Å²) >= 11 is 0. The Morgan fingerprint density at radius 2 is 2.15 bits per heavy atom. The van der Waals surface area contributed by atoms with Crippen molar-refractivity contribution in [3.8, 4) is 11.5 Å². The molecule has 0 saturated carbocycles. The summed E-state index contributed by atoms with van der Waals surface area (Å²) in [4.78, 5) is 4.44. The highest BCUT2D eigenvalue weighted by Crippen LogP contribution is 2.27. The highest BCUT2D eigenvalue weighted by Gasteiger charge is 2.06. The van der Waals surface area contributed by atoms with Gasteiger partial charge in [-0.1, -0.05) is 0 Å². The maximum atomic E-state index is 9.46. The van der Waals surface area contributed by atoms with Gasteiger partial charge in [0.1, 0.15) is 11.5 Å². The van der Waals surface area contributed by atoms with Crippen LogP contribution in [-0.4, -0.2) is 12.2 Å². The van der Waals surface area contributed by atoms with Gasteiger partial charge in [0.05, 0.1) is 13.7 Å². The minimum atomic E-state index is 0.132. The zero-order valence-corrected chi connectivity index (χ0v) is 7.70. The van der Waals surface area contributed by atoms with Gasteiger partial charge in [-0.05, 0) is 18.6 Å². The van der Waals surface area contributed by atoms with Gasteiger partial charge in [-0.15, -0.1) is 0 Å². The Morgan fingerprint density at radius 3 is 2.69 bits per heavy atom. The van der Waals surface area contributed by atoms with Crippen LogP contribution in [0.15, 0.2) is 12.1 Å². The zero-order chi connectivity index (χ0) is 9.84. The molecule has 0 radical (unpaired) electrons. The highest BCUT2D eigenvalue weighted by atomic mass is 16.6. The van der Waals surface area contributed by atoms with Gasteiger partial charge in [-0.2, -0.15) is 0 Å². The standard InChI is InChI=1S/C9H13NO3/c1-6-3-7(5-13-10)8(11)4-9(6)12-2/h3-4,11H,5,10H2,1-2H3. The van der Waals surface area contributed by atoms with E-state index >= 15 is 0 Å². The number of rotatable bonds is 3. The van der Waals surface area contributed by atoms with Gasteiger partial charge in [0, 0.05) is 11.6 Å². The summed E-state index contributed by atoms with van der Waals surface area (Å²) in [5.41, 5.74) is 1.59. The number of methoxy groups -OCH3 is 1. The van der Waals surface area contributed by atoms with Gasteiger partial charge >= 0.3 is 0 Å². The van der Waals surface area contributed by atoms with Crippen LogP contribution in [0, 0.1) is 6.92 Å². The first-order valence-electron chi connectivity index (χ1n) is 3.87. The van der Waals surface area contributed by atoms with E-state index in [1.165, 1.54) is 0 Å². The maximum absolute atomic E-state index is 9.46. The van der Waals surface area contributed by atoms with Gasteiger partial charge in [0.15, 0.2) is 0 Å². The average Bonchev–Trinajstić information content (AvgIpc) is 2.11. The lowest BCUT2D eigenvalue weighted by Crippen LogP contribution is -2.00. The number of hydrogen-bond donors (Lipinski definition) is 2. The summed E-state index contributed by atoms with van der Waals surface area (Å²) in [5, 5.41) is 9.46. The Kier molecular flexibility index (Phi) is 3.11. The molecule has 0 aliphatic carbocycles. The third kappa shape index (κ3) is 2.11. The molecule has 4 heteroatoms. The molecule has 1 rings (SSSR count). The summed E-state index contributed by atoms with van der Waals surface area (Å²) in [6.07, 6.45) is 0. The van der Waals surface area contributed by atoms with Gasteiger partial charge in [-0.25, -0.2) is 5.90 Å². The third-order valence-electron chi connectivity index (χ3n) is 1.83. The van der Waals surface area contributed by atoms with Gasteiger partial charge < -0.3 is 9.84 Å². The van der Waals surface area contributed by atoms with Gasteiger partial charge in [0.2, 0.25) is 0 Å². The minimum absolute atomic E-state index is 0.132. The van der Waals surface area contributed by atoms with Crippen LogP contribution >= 0.6 is 0 Å². The Hall–Kier alpha value is -1.26. The maximum Gasteiger partial charge on any atom is 0.125 e. The molecule has 0 unspecified atom stereocenters. The van der Waals surface area contributed by atoms with Crippen molar-refractivity contribution in [3.05, 3.63) is 23.3 Å². The summed E-state index contributed by atoms with van der Waals surface area (Å²) in [5.74, 6) is 5.69. The number of nitrogens with two attached hydrogens (primary N) is 1. The molecule has 0 atom stereocenters. The van der Waals surface area contributed by atoms with Gasteiger partial charge in [-0.3, -0.25) is 4.84 Å². The zero-order valence-electron chi connectivity index (χ0n) is 7.70. The Balaban J connectivity index is 3.05. The summed E-state index contributed by atoms with van der Waals surface area (Å²) in [6, 6.07) is 3.32. The smallest absolute Gasteiger partial charge is 0.125 e. The van der Waals surface area contributed by atoms with E-state index < -0.39 is 0 Å². The van der Waals surface area contributed by atoms with Crippen molar-refractivity contribution in [2.45, 2.75) is 13.5 Å². The van der Waals surface area contributed by atoms with E-state index in [1.807, 2.05) is 6.92 Å². The summed E-state index contributed by atoms with van der Waals surface area (Å²) < 4.78 is 5.03. The van der Waals surface area contributed by atoms with E-state index in [9.17, 15) is 5.11 Å². The second-order valence-corrected chi connectivity index (χ2v) is 2.76. The largest absolute Gasteiger partial charge is 0.507 e. The molecule has 0 fully saturated rings. The lowest BCUT2D eigenvalue weighted by atomic mass is 10.1. The molecule has 0 heterocycles. The molecule has 4 nitrogen and oxygen atoms in total. The lowest BCUT2D eigenvalue weighted by Gasteiger charge is -2.08. The van der Waals surface area contributed by atoms with Crippen LogP contribution in [0.25, 0.3) is 0 Å². The Morgan fingerprint density at radius 1 is 1.46 bits per heavy atom. The summed E-state index contributed by atoms with van der Waals surface area (Å²) in [6.45, 7) is 2.08. The Labute approximate surface area is 76.8 Å². The second-order valence-electron chi connectivity index (χ2n) is 2.76. The molecule has 0 spiro atoms. The van der Waals surface area contributed by atoms with Crippen LogP contribution in [0.5, 0.6) is 11.5 Å². The third-order valence-corrected chi connectivity index (χ3v) is 1.83.